The summed E-state index contributed by atoms with van der Waals surface area (Å²) in [6.45, 7) is 0.0678. The minimum Gasteiger partial charge on any atom is -0.493 e. The first-order chi connectivity index (χ1) is 23.0. The van der Waals surface area contributed by atoms with Gasteiger partial charge in [0.25, 0.3) is 17.4 Å². The summed E-state index contributed by atoms with van der Waals surface area (Å²) >= 11 is 19.0. The van der Waals surface area contributed by atoms with Gasteiger partial charge in [-0.3, -0.25) is 33.5 Å². The lowest BCUT2D eigenvalue weighted by Crippen LogP contribution is -2.44. The molecule has 3 aromatic carbocycles. The van der Waals surface area contributed by atoms with Gasteiger partial charge in [-0.05, 0) is 65.8 Å². The molecule has 2 aromatic heterocycles. The van der Waals surface area contributed by atoms with E-state index in [-0.39, 0.29) is 44.4 Å². The van der Waals surface area contributed by atoms with Crippen LogP contribution in [0.2, 0.25) is 10.0 Å². The zero-order valence-corrected chi connectivity index (χ0v) is 28.5. The second kappa shape index (κ2) is 13.3. The van der Waals surface area contributed by atoms with Gasteiger partial charge < -0.3 is 9.47 Å². The lowest BCUT2D eigenvalue weighted by atomic mass is 10.2. The molecule has 1 N–H and O–H groups in total. The molecule has 0 bridgehead atoms. The predicted octanol–water partition coefficient (Wildman–Crippen LogP) is 5.14. The molecule has 0 saturated carbocycles. The Morgan fingerprint density at radius 2 is 1.75 bits per heavy atom. The van der Waals surface area contributed by atoms with Crippen molar-refractivity contribution in [3.63, 3.8) is 0 Å². The first kappa shape index (κ1) is 33.0. The number of thiocarbonyl (C=S) groups is 1. The van der Waals surface area contributed by atoms with Gasteiger partial charge in [-0.25, -0.2) is 4.79 Å². The number of nitrogens with zero attached hydrogens (tertiary/aromatic N) is 5. The van der Waals surface area contributed by atoms with Gasteiger partial charge in [-0.15, -0.1) is 0 Å². The van der Waals surface area contributed by atoms with E-state index in [0.717, 1.165) is 21.3 Å². The molecular formula is C32H24Cl2N6O6S2. The van der Waals surface area contributed by atoms with E-state index in [1.54, 1.807) is 72.8 Å². The van der Waals surface area contributed by atoms with Gasteiger partial charge in [0.1, 0.15) is 0 Å². The van der Waals surface area contributed by atoms with Crippen molar-refractivity contribution in [2.45, 2.75) is 6.54 Å². The fraction of sp³-hybridized carbons (Fsp3) is 0.125. The van der Waals surface area contributed by atoms with Gasteiger partial charge in [0, 0.05) is 29.7 Å². The summed E-state index contributed by atoms with van der Waals surface area (Å²) in [4.78, 5) is 56.6. The highest BCUT2D eigenvalue weighted by molar-refractivity contribution is 8.26. The molecule has 244 valence electrons. The number of methoxy groups -OCH3 is 1. The standard InChI is InChI=1S/C32H24Cl2N6O6S2/c1-37-26-25(29(43)38(2)31(37)44)39(16-19-10-11-20(33)15-21(19)34)30(35-26)46-22-12-9-17(13-23(22)45-3)14-24-28(42)40(32(47)48-24)36-27(41)18-7-5-4-6-8-18/h4-15H,16H2,1-3H3,(H,36,41)/b24-14-. The number of aromatic nitrogens is 4. The molecule has 12 nitrogen and oxygen atoms in total. The van der Waals surface area contributed by atoms with Crippen LogP contribution in [-0.4, -0.2) is 46.9 Å². The van der Waals surface area contributed by atoms with Crippen molar-refractivity contribution in [2.75, 3.05) is 7.11 Å². The summed E-state index contributed by atoms with van der Waals surface area (Å²) in [6.07, 6.45) is 1.61. The molecule has 1 aliphatic heterocycles. The third-order valence-electron chi connectivity index (χ3n) is 7.39. The van der Waals surface area contributed by atoms with Crippen molar-refractivity contribution in [1.29, 1.82) is 0 Å². The van der Waals surface area contributed by atoms with Crippen molar-refractivity contribution in [3.8, 4) is 17.5 Å². The molecule has 6 rings (SSSR count). The van der Waals surface area contributed by atoms with Crippen LogP contribution in [0, 0.1) is 0 Å². The molecule has 1 saturated heterocycles. The maximum Gasteiger partial charge on any atom is 0.332 e. The molecule has 3 heterocycles. The number of thioether (sulfide) groups is 1. The zero-order chi connectivity index (χ0) is 34.3. The number of aryl methyl sites for hydroxylation is 1. The molecule has 5 aromatic rings. The van der Waals surface area contributed by atoms with E-state index >= 15 is 0 Å². The van der Waals surface area contributed by atoms with Crippen LogP contribution in [0.5, 0.6) is 17.5 Å². The van der Waals surface area contributed by atoms with Crippen LogP contribution < -0.4 is 26.1 Å². The number of carbonyl (C=O) groups excluding carboxylic acids is 2. The Hall–Kier alpha value is -4.89. The maximum absolute atomic E-state index is 13.3. The van der Waals surface area contributed by atoms with Crippen LogP contribution in [0.15, 0.2) is 81.2 Å². The Morgan fingerprint density at radius 3 is 2.46 bits per heavy atom. The highest BCUT2D eigenvalue weighted by Crippen LogP contribution is 2.36. The van der Waals surface area contributed by atoms with Gasteiger partial charge in [0.05, 0.1) is 18.6 Å². The number of nitrogens with one attached hydrogen (secondary N) is 1. The van der Waals surface area contributed by atoms with Crippen molar-refractivity contribution >= 4 is 80.6 Å². The normalized spacial score (nSPS) is 13.9. The molecule has 0 unspecified atom stereocenters. The lowest BCUT2D eigenvalue weighted by molar-refractivity contribution is -0.123. The number of amides is 2. The van der Waals surface area contributed by atoms with Gasteiger partial charge in [-0.1, -0.05) is 65.3 Å². The number of ether oxygens (including phenoxy) is 2. The molecule has 1 aliphatic rings. The highest BCUT2D eigenvalue weighted by Gasteiger charge is 2.34. The quantitative estimate of drug-likeness (QED) is 0.171. The van der Waals surface area contributed by atoms with Crippen LogP contribution >= 0.6 is 47.2 Å². The monoisotopic (exact) mass is 722 g/mol. The highest BCUT2D eigenvalue weighted by atomic mass is 35.5. The Bertz CT molecular complexity index is 2300. The molecule has 16 heteroatoms. The summed E-state index contributed by atoms with van der Waals surface area (Å²) in [5.41, 5.74) is 3.24. The van der Waals surface area contributed by atoms with Gasteiger partial charge in [0.2, 0.25) is 0 Å². The molecule has 0 radical (unpaired) electrons. The summed E-state index contributed by atoms with van der Waals surface area (Å²) in [6, 6.07) is 18.4. The molecule has 48 heavy (non-hydrogen) atoms. The number of halogens is 2. The average molecular weight is 724 g/mol. The number of carbonyl (C=O) groups is 2. The second-order valence-corrected chi connectivity index (χ2v) is 13.0. The molecule has 0 spiro atoms. The van der Waals surface area contributed by atoms with E-state index in [4.69, 9.17) is 44.9 Å². The number of fused-ring (bicyclic) bond motifs is 1. The maximum atomic E-state index is 13.3. The second-order valence-electron chi connectivity index (χ2n) is 10.4. The number of hydrazine groups is 1. The van der Waals surface area contributed by atoms with E-state index in [0.29, 0.717) is 26.7 Å². The summed E-state index contributed by atoms with van der Waals surface area (Å²) in [5.74, 6) is -0.451. The number of hydrogen-bond donors (Lipinski definition) is 1. The van der Waals surface area contributed by atoms with Crippen LogP contribution in [0.1, 0.15) is 21.5 Å². The van der Waals surface area contributed by atoms with Gasteiger partial charge >= 0.3 is 11.7 Å². The van der Waals surface area contributed by atoms with E-state index in [9.17, 15) is 19.2 Å². The van der Waals surface area contributed by atoms with Crippen molar-refractivity contribution in [1.82, 2.24) is 29.1 Å². The number of rotatable bonds is 8. The first-order valence-electron chi connectivity index (χ1n) is 14.1. The minimum atomic E-state index is -0.569. The van der Waals surface area contributed by atoms with Gasteiger partial charge in [-0.2, -0.15) is 9.99 Å². The van der Waals surface area contributed by atoms with Crippen LogP contribution in [-0.2, 0) is 25.4 Å². The zero-order valence-electron chi connectivity index (χ0n) is 25.4. The van der Waals surface area contributed by atoms with Crippen LogP contribution in [0.3, 0.4) is 0 Å². The molecule has 0 atom stereocenters. The van der Waals surface area contributed by atoms with Crippen molar-refractivity contribution in [3.05, 3.63) is 119 Å². The Labute approximate surface area is 292 Å². The molecule has 0 aliphatic carbocycles. The van der Waals surface area contributed by atoms with Crippen LogP contribution in [0.4, 0.5) is 0 Å². The first-order valence-corrected chi connectivity index (χ1v) is 16.0. The van der Waals surface area contributed by atoms with Crippen molar-refractivity contribution in [2.24, 2.45) is 14.1 Å². The number of benzene rings is 3. The third-order valence-corrected chi connectivity index (χ3v) is 9.28. The lowest BCUT2D eigenvalue weighted by Gasteiger charge is -2.15. The van der Waals surface area contributed by atoms with Crippen molar-refractivity contribution < 1.29 is 19.1 Å². The van der Waals surface area contributed by atoms with Crippen LogP contribution in [0.25, 0.3) is 17.2 Å². The fourth-order valence-corrected chi connectivity index (χ4v) is 6.55. The average Bonchev–Trinajstić information content (AvgIpc) is 3.56. The van der Waals surface area contributed by atoms with E-state index in [1.165, 1.54) is 30.3 Å². The van der Waals surface area contributed by atoms with E-state index in [2.05, 4.69) is 10.4 Å². The summed E-state index contributed by atoms with van der Waals surface area (Å²) < 4.78 is 15.8. The predicted molar refractivity (Wildman–Crippen MR) is 188 cm³/mol. The molecule has 1 fully saturated rings. The largest absolute Gasteiger partial charge is 0.493 e. The SMILES string of the molecule is COc1cc(/C=C2\SC(=S)N(NC(=O)c3ccccc3)C2=O)ccc1Oc1nc2c(c(=O)n(C)c(=O)n2C)n1Cc1ccc(Cl)cc1Cl. The third kappa shape index (κ3) is 6.22. The summed E-state index contributed by atoms with van der Waals surface area (Å²) in [5, 5.41) is 1.84. The smallest absolute Gasteiger partial charge is 0.332 e. The minimum absolute atomic E-state index is 0.00426. The Kier molecular flexibility index (Phi) is 9.16. The fourth-order valence-electron chi connectivity index (χ4n) is 4.90. The summed E-state index contributed by atoms with van der Waals surface area (Å²) in [7, 11) is 4.33. The molecule has 2 amide bonds. The topological polar surface area (TPSA) is 130 Å². The van der Waals surface area contributed by atoms with E-state index in [1.807, 2.05) is 0 Å². The number of imidazole rings is 1. The van der Waals surface area contributed by atoms with E-state index < -0.39 is 23.1 Å². The molecular weight excluding hydrogens is 699 g/mol. The van der Waals surface area contributed by atoms with Gasteiger partial charge in [0.15, 0.2) is 27.0 Å². The number of hydrogen-bond acceptors (Lipinski definition) is 9. The Morgan fingerprint density at radius 1 is 1.00 bits per heavy atom. The Balaban J connectivity index is 1.33.